The van der Waals surface area contributed by atoms with E-state index < -0.39 is 0 Å². The summed E-state index contributed by atoms with van der Waals surface area (Å²) in [6, 6.07) is 0. The second kappa shape index (κ2) is 11.6. The lowest BCUT2D eigenvalue weighted by atomic mass is 10.0. The molecule has 5 nitrogen and oxygen atoms in total. The maximum Gasteiger partial charge on any atom is 0.246 e. The van der Waals surface area contributed by atoms with Crippen molar-refractivity contribution in [1.29, 1.82) is 0 Å². The zero-order valence-electron chi connectivity index (χ0n) is 15.0. The minimum atomic E-state index is -0.0698. The molecule has 1 aliphatic carbocycles. The first-order chi connectivity index (χ1) is 11.0. The van der Waals surface area contributed by atoms with Crippen LogP contribution in [0.4, 0.5) is 0 Å². The van der Waals surface area contributed by atoms with E-state index in [1.54, 1.807) is 0 Å². The molecule has 134 valence electrons. The Morgan fingerprint density at radius 2 is 2.09 bits per heavy atom. The second-order valence-electron chi connectivity index (χ2n) is 6.76. The molecule has 0 bridgehead atoms. The van der Waals surface area contributed by atoms with Crippen LogP contribution >= 0.6 is 0 Å². The fourth-order valence-corrected chi connectivity index (χ4v) is 2.32. The lowest BCUT2D eigenvalue weighted by Gasteiger charge is -2.23. The van der Waals surface area contributed by atoms with E-state index in [0.717, 1.165) is 19.3 Å². The van der Waals surface area contributed by atoms with Crippen molar-refractivity contribution in [3.63, 3.8) is 0 Å². The molecular formula is C18H34N2O3. The molecule has 1 aliphatic rings. The minimum Gasteiger partial charge on any atom is -0.380 e. The second-order valence-corrected chi connectivity index (χ2v) is 6.76. The highest BCUT2D eigenvalue weighted by atomic mass is 16.5. The number of allylic oxidation sites excluding steroid dienone is 1. The van der Waals surface area contributed by atoms with Crippen molar-refractivity contribution < 1.29 is 14.3 Å². The number of nitrogens with one attached hydrogen (secondary N) is 2. The molecule has 23 heavy (non-hydrogen) atoms. The van der Waals surface area contributed by atoms with E-state index in [2.05, 4.69) is 36.6 Å². The topological polar surface area (TPSA) is 59.6 Å². The summed E-state index contributed by atoms with van der Waals surface area (Å²) in [6.07, 6.45) is 11.1. The molecule has 5 heteroatoms. The van der Waals surface area contributed by atoms with E-state index in [-0.39, 0.29) is 24.2 Å². The van der Waals surface area contributed by atoms with E-state index in [1.807, 2.05) is 7.05 Å². The molecule has 0 heterocycles. The number of hydrogen-bond acceptors (Lipinski definition) is 4. The van der Waals surface area contributed by atoms with Crippen LogP contribution in [0.1, 0.15) is 52.4 Å². The highest BCUT2D eigenvalue weighted by Crippen LogP contribution is 2.13. The molecule has 1 amide bonds. The van der Waals surface area contributed by atoms with Gasteiger partial charge in [-0.25, -0.2) is 0 Å². The van der Waals surface area contributed by atoms with Crippen molar-refractivity contribution in [2.45, 2.75) is 64.0 Å². The highest BCUT2D eigenvalue weighted by molar-refractivity contribution is 5.77. The van der Waals surface area contributed by atoms with Gasteiger partial charge in [-0.3, -0.25) is 4.79 Å². The molecule has 0 aromatic heterocycles. The summed E-state index contributed by atoms with van der Waals surface area (Å²) in [4.78, 5) is 11.8. The molecule has 0 aliphatic heterocycles. The van der Waals surface area contributed by atoms with Gasteiger partial charge >= 0.3 is 0 Å². The van der Waals surface area contributed by atoms with Gasteiger partial charge in [0.1, 0.15) is 6.61 Å². The molecule has 0 fully saturated rings. The summed E-state index contributed by atoms with van der Waals surface area (Å²) in [5.41, 5.74) is 0.0855. The Labute approximate surface area is 141 Å². The SMILES string of the molecule is CNC(C)(C)CCOCCNC(=O)COC1/C=C\CCCCC1. The fourth-order valence-electron chi connectivity index (χ4n) is 2.32. The maximum atomic E-state index is 11.8. The van der Waals surface area contributed by atoms with Crippen LogP contribution in [0, 0.1) is 0 Å². The number of amides is 1. The Morgan fingerprint density at radius 1 is 1.26 bits per heavy atom. The first-order valence-electron chi connectivity index (χ1n) is 8.85. The number of carbonyl (C=O) groups is 1. The molecule has 0 saturated carbocycles. The van der Waals surface area contributed by atoms with Gasteiger partial charge in [-0.05, 0) is 46.6 Å². The molecule has 1 rings (SSSR count). The van der Waals surface area contributed by atoms with E-state index in [9.17, 15) is 4.79 Å². The smallest absolute Gasteiger partial charge is 0.246 e. The van der Waals surface area contributed by atoms with E-state index >= 15 is 0 Å². The first-order valence-corrected chi connectivity index (χ1v) is 8.85. The first kappa shape index (κ1) is 20.1. The molecule has 0 aromatic carbocycles. The van der Waals surface area contributed by atoms with Crippen LogP contribution in [0.3, 0.4) is 0 Å². The van der Waals surface area contributed by atoms with E-state index in [4.69, 9.17) is 9.47 Å². The Bertz CT molecular complexity index is 356. The average Bonchev–Trinajstić information content (AvgIpc) is 2.49. The van der Waals surface area contributed by atoms with E-state index in [1.165, 1.54) is 19.3 Å². The van der Waals surface area contributed by atoms with Crippen LogP contribution in [-0.4, -0.2) is 51.0 Å². The molecule has 0 saturated heterocycles. The van der Waals surface area contributed by atoms with Crippen molar-refractivity contribution >= 4 is 5.91 Å². The Kier molecular flexibility index (Phi) is 10.2. The zero-order chi connectivity index (χ0) is 17.0. The number of rotatable bonds is 10. The number of hydrogen-bond donors (Lipinski definition) is 2. The van der Waals surface area contributed by atoms with Gasteiger partial charge in [0.15, 0.2) is 0 Å². The zero-order valence-corrected chi connectivity index (χ0v) is 15.0. The Hall–Kier alpha value is -0.910. The summed E-state index contributed by atoms with van der Waals surface area (Å²) in [6.45, 7) is 6.16. The summed E-state index contributed by atoms with van der Waals surface area (Å²) >= 11 is 0. The summed E-state index contributed by atoms with van der Waals surface area (Å²) < 4.78 is 11.2. The van der Waals surface area contributed by atoms with Crippen molar-refractivity contribution in [2.24, 2.45) is 0 Å². The highest BCUT2D eigenvalue weighted by Gasteiger charge is 2.13. The maximum absolute atomic E-state index is 11.8. The molecular weight excluding hydrogens is 292 g/mol. The van der Waals surface area contributed by atoms with Gasteiger partial charge < -0.3 is 20.1 Å². The predicted octanol–water partition coefficient (Wildman–Crippen LogP) is 2.41. The standard InChI is InChI=1S/C18H34N2O3/c1-18(2,19-3)11-13-22-14-12-20-17(21)15-23-16-9-7-5-4-6-8-10-16/h7,9,16,19H,4-6,8,10-15H2,1-3H3,(H,20,21)/b9-7-. The summed E-state index contributed by atoms with van der Waals surface area (Å²) in [7, 11) is 1.95. The molecule has 1 unspecified atom stereocenters. The monoisotopic (exact) mass is 326 g/mol. The van der Waals surface area contributed by atoms with Crippen LogP contribution < -0.4 is 10.6 Å². The molecule has 2 N–H and O–H groups in total. The van der Waals surface area contributed by atoms with Gasteiger partial charge in [0.2, 0.25) is 5.91 Å². The van der Waals surface area contributed by atoms with Crippen molar-refractivity contribution in [1.82, 2.24) is 10.6 Å². The third-order valence-corrected chi connectivity index (χ3v) is 4.26. The third kappa shape index (κ3) is 10.5. The Morgan fingerprint density at radius 3 is 2.87 bits per heavy atom. The molecule has 0 aromatic rings. The Balaban J connectivity index is 2.02. The average molecular weight is 326 g/mol. The van der Waals surface area contributed by atoms with Gasteiger partial charge in [-0.2, -0.15) is 0 Å². The van der Waals surface area contributed by atoms with Crippen molar-refractivity contribution in [3.05, 3.63) is 12.2 Å². The van der Waals surface area contributed by atoms with Crippen molar-refractivity contribution in [2.75, 3.05) is 33.4 Å². The van der Waals surface area contributed by atoms with Gasteiger partial charge in [0, 0.05) is 18.7 Å². The third-order valence-electron chi connectivity index (χ3n) is 4.26. The number of ether oxygens (including phenoxy) is 2. The lowest BCUT2D eigenvalue weighted by molar-refractivity contribution is -0.127. The van der Waals surface area contributed by atoms with Gasteiger partial charge in [-0.1, -0.05) is 25.0 Å². The lowest BCUT2D eigenvalue weighted by Crippen LogP contribution is -2.37. The molecule has 1 atom stereocenters. The summed E-state index contributed by atoms with van der Waals surface area (Å²) in [5.74, 6) is -0.0698. The summed E-state index contributed by atoms with van der Waals surface area (Å²) in [5, 5.41) is 6.07. The van der Waals surface area contributed by atoms with Gasteiger partial charge in [-0.15, -0.1) is 0 Å². The van der Waals surface area contributed by atoms with E-state index in [0.29, 0.717) is 19.8 Å². The van der Waals surface area contributed by atoms with Crippen LogP contribution in [0.25, 0.3) is 0 Å². The van der Waals surface area contributed by atoms with Crippen LogP contribution in [0.2, 0.25) is 0 Å². The number of carbonyl (C=O) groups excluding carboxylic acids is 1. The molecule has 0 spiro atoms. The normalized spacial score (nSPS) is 20.6. The van der Waals surface area contributed by atoms with Crippen LogP contribution in [0.5, 0.6) is 0 Å². The predicted molar refractivity (Wildman–Crippen MR) is 93.5 cm³/mol. The van der Waals surface area contributed by atoms with Crippen molar-refractivity contribution in [3.8, 4) is 0 Å². The molecule has 0 radical (unpaired) electrons. The largest absolute Gasteiger partial charge is 0.380 e. The van der Waals surface area contributed by atoms with Crippen LogP contribution in [0.15, 0.2) is 12.2 Å². The minimum absolute atomic E-state index is 0.0698. The van der Waals surface area contributed by atoms with Gasteiger partial charge in [0.25, 0.3) is 0 Å². The van der Waals surface area contributed by atoms with Crippen LogP contribution in [-0.2, 0) is 14.3 Å². The van der Waals surface area contributed by atoms with Gasteiger partial charge in [0.05, 0.1) is 12.7 Å². The quantitative estimate of drug-likeness (QED) is 0.478. The fraction of sp³-hybridized carbons (Fsp3) is 0.833.